The molecule has 0 spiro atoms. The highest BCUT2D eigenvalue weighted by molar-refractivity contribution is 6.01. The number of methoxy groups -OCH3 is 1. The van der Waals surface area contributed by atoms with E-state index in [0.717, 1.165) is 22.4 Å². The van der Waals surface area contributed by atoms with Gasteiger partial charge in [0.05, 0.1) is 7.11 Å². The third kappa shape index (κ3) is 4.72. The van der Waals surface area contributed by atoms with Gasteiger partial charge in [-0.3, -0.25) is 4.79 Å². The summed E-state index contributed by atoms with van der Waals surface area (Å²) in [7, 11) is 1.60. The van der Waals surface area contributed by atoms with Crippen LogP contribution in [0.2, 0.25) is 0 Å². The minimum atomic E-state index is -0.385. The minimum absolute atomic E-state index is 0.0855. The molecule has 0 bridgehead atoms. The number of nitriles is 1. The molecule has 1 N–H and O–H groups in total. The van der Waals surface area contributed by atoms with Gasteiger partial charge in [-0.1, -0.05) is 42.0 Å². The van der Waals surface area contributed by atoms with Gasteiger partial charge in [0.25, 0.3) is 5.91 Å². The number of rotatable bonds is 5. The van der Waals surface area contributed by atoms with Crippen LogP contribution in [0.5, 0.6) is 5.75 Å². The standard InChI is InChI=1S/C19H18N2O2/c1-14-3-5-15(6-4-14)11-17(12-20)19(22)21-13-16-7-9-18(23-2)10-8-16/h3-11H,13H2,1-2H3,(H,21,22)/b17-11+. The number of carbonyl (C=O) groups excluding carboxylic acids is 1. The van der Waals surface area contributed by atoms with Crippen molar-refractivity contribution in [3.63, 3.8) is 0 Å². The second-order valence-corrected chi connectivity index (χ2v) is 5.11. The van der Waals surface area contributed by atoms with Crippen LogP contribution >= 0.6 is 0 Å². The quantitative estimate of drug-likeness (QED) is 0.681. The largest absolute Gasteiger partial charge is 0.497 e. The fraction of sp³-hybridized carbons (Fsp3) is 0.158. The number of hydrogen-bond acceptors (Lipinski definition) is 3. The lowest BCUT2D eigenvalue weighted by Gasteiger charge is -2.06. The fourth-order valence-electron chi connectivity index (χ4n) is 2.00. The van der Waals surface area contributed by atoms with Crippen LogP contribution in [0.1, 0.15) is 16.7 Å². The van der Waals surface area contributed by atoms with Crippen molar-refractivity contribution in [3.8, 4) is 11.8 Å². The van der Waals surface area contributed by atoms with Crippen molar-refractivity contribution >= 4 is 12.0 Å². The van der Waals surface area contributed by atoms with E-state index in [4.69, 9.17) is 4.74 Å². The molecule has 23 heavy (non-hydrogen) atoms. The number of benzene rings is 2. The van der Waals surface area contributed by atoms with Crippen LogP contribution in [-0.4, -0.2) is 13.0 Å². The van der Waals surface area contributed by atoms with E-state index in [1.807, 2.05) is 61.5 Å². The van der Waals surface area contributed by atoms with Gasteiger partial charge in [0.1, 0.15) is 17.4 Å². The van der Waals surface area contributed by atoms with Crippen molar-refractivity contribution in [2.24, 2.45) is 0 Å². The van der Waals surface area contributed by atoms with Crippen molar-refractivity contribution in [2.75, 3.05) is 7.11 Å². The zero-order valence-electron chi connectivity index (χ0n) is 13.2. The van der Waals surface area contributed by atoms with E-state index in [9.17, 15) is 10.1 Å². The first-order valence-corrected chi connectivity index (χ1v) is 7.22. The molecule has 0 fully saturated rings. The lowest BCUT2D eigenvalue weighted by atomic mass is 10.1. The van der Waals surface area contributed by atoms with Gasteiger partial charge in [-0.15, -0.1) is 0 Å². The Morgan fingerprint density at radius 1 is 1.17 bits per heavy atom. The second-order valence-electron chi connectivity index (χ2n) is 5.11. The van der Waals surface area contributed by atoms with Gasteiger partial charge in [0, 0.05) is 6.54 Å². The second kappa shape index (κ2) is 7.81. The Kier molecular flexibility index (Phi) is 5.54. The smallest absolute Gasteiger partial charge is 0.262 e. The molecule has 0 radical (unpaired) electrons. The van der Waals surface area contributed by atoms with Crippen molar-refractivity contribution in [3.05, 3.63) is 70.8 Å². The average molecular weight is 306 g/mol. The van der Waals surface area contributed by atoms with Gasteiger partial charge in [0.15, 0.2) is 0 Å². The number of nitrogens with zero attached hydrogens (tertiary/aromatic N) is 1. The lowest BCUT2D eigenvalue weighted by molar-refractivity contribution is -0.117. The SMILES string of the molecule is COc1ccc(CNC(=O)/C(C#N)=C/c2ccc(C)cc2)cc1. The summed E-state index contributed by atoms with van der Waals surface area (Å²) < 4.78 is 5.09. The lowest BCUT2D eigenvalue weighted by Crippen LogP contribution is -2.23. The third-order valence-electron chi connectivity index (χ3n) is 3.37. The summed E-state index contributed by atoms with van der Waals surface area (Å²) >= 11 is 0. The molecule has 0 aromatic heterocycles. The summed E-state index contributed by atoms with van der Waals surface area (Å²) in [4.78, 5) is 12.1. The molecule has 0 saturated heterocycles. The Morgan fingerprint density at radius 2 is 1.83 bits per heavy atom. The Labute approximate surface area is 136 Å². The van der Waals surface area contributed by atoms with Crippen molar-refractivity contribution in [1.29, 1.82) is 5.26 Å². The molecule has 0 saturated carbocycles. The molecule has 0 unspecified atom stereocenters. The number of ether oxygens (including phenoxy) is 1. The van der Waals surface area contributed by atoms with Gasteiger partial charge >= 0.3 is 0 Å². The third-order valence-corrected chi connectivity index (χ3v) is 3.37. The minimum Gasteiger partial charge on any atom is -0.497 e. The maximum Gasteiger partial charge on any atom is 0.262 e. The van der Waals surface area contributed by atoms with Crippen LogP contribution in [-0.2, 0) is 11.3 Å². The molecule has 4 nitrogen and oxygen atoms in total. The summed E-state index contributed by atoms with van der Waals surface area (Å²) in [5, 5.41) is 11.9. The predicted molar refractivity (Wildman–Crippen MR) is 89.6 cm³/mol. The fourth-order valence-corrected chi connectivity index (χ4v) is 2.00. The Balaban J connectivity index is 2.02. The Morgan fingerprint density at radius 3 is 2.39 bits per heavy atom. The zero-order chi connectivity index (χ0) is 16.7. The van der Waals surface area contributed by atoms with Gasteiger partial charge in [-0.25, -0.2) is 0 Å². The van der Waals surface area contributed by atoms with Crippen LogP contribution in [0.3, 0.4) is 0 Å². The number of amides is 1. The molecular weight excluding hydrogens is 288 g/mol. The van der Waals surface area contributed by atoms with Gasteiger partial charge < -0.3 is 10.1 Å². The van der Waals surface area contributed by atoms with E-state index in [-0.39, 0.29) is 11.5 Å². The molecule has 4 heteroatoms. The molecule has 2 aromatic rings. The molecule has 0 aliphatic rings. The number of aryl methyl sites for hydroxylation is 1. The van der Waals surface area contributed by atoms with E-state index in [1.54, 1.807) is 13.2 Å². The molecule has 0 aliphatic heterocycles. The summed E-state index contributed by atoms with van der Waals surface area (Å²) in [5.41, 5.74) is 2.98. The molecular formula is C19H18N2O2. The monoisotopic (exact) mass is 306 g/mol. The van der Waals surface area contributed by atoms with Gasteiger partial charge in [-0.05, 0) is 36.3 Å². The van der Waals surface area contributed by atoms with E-state index in [0.29, 0.717) is 6.54 Å². The maximum atomic E-state index is 12.1. The number of carbonyl (C=O) groups is 1. The molecule has 1 amide bonds. The number of nitrogens with one attached hydrogen (secondary N) is 1. The summed E-state index contributed by atoms with van der Waals surface area (Å²) in [5.74, 6) is 0.376. The molecule has 0 aliphatic carbocycles. The average Bonchev–Trinajstić information content (AvgIpc) is 2.59. The molecule has 0 atom stereocenters. The molecule has 116 valence electrons. The van der Waals surface area contributed by atoms with Crippen LogP contribution < -0.4 is 10.1 Å². The van der Waals surface area contributed by atoms with E-state index in [2.05, 4.69) is 5.32 Å². The highest BCUT2D eigenvalue weighted by atomic mass is 16.5. The Hall–Kier alpha value is -3.06. The maximum absolute atomic E-state index is 12.1. The van der Waals surface area contributed by atoms with Crippen molar-refractivity contribution in [2.45, 2.75) is 13.5 Å². The van der Waals surface area contributed by atoms with Crippen LogP contribution in [0, 0.1) is 18.3 Å². The highest BCUT2D eigenvalue weighted by Gasteiger charge is 2.08. The van der Waals surface area contributed by atoms with E-state index < -0.39 is 0 Å². The van der Waals surface area contributed by atoms with Crippen molar-refractivity contribution in [1.82, 2.24) is 5.32 Å². The summed E-state index contributed by atoms with van der Waals surface area (Å²) in [6.07, 6.45) is 1.59. The van der Waals surface area contributed by atoms with Gasteiger partial charge in [0.2, 0.25) is 0 Å². The molecule has 2 aromatic carbocycles. The van der Waals surface area contributed by atoms with E-state index in [1.165, 1.54) is 0 Å². The zero-order valence-corrected chi connectivity index (χ0v) is 13.2. The molecule has 2 rings (SSSR count). The first-order valence-electron chi connectivity index (χ1n) is 7.22. The van der Waals surface area contributed by atoms with Crippen LogP contribution in [0.15, 0.2) is 54.1 Å². The first kappa shape index (κ1) is 16.3. The highest BCUT2D eigenvalue weighted by Crippen LogP contribution is 2.12. The normalized spacial score (nSPS) is 10.7. The van der Waals surface area contributed by atoms with Gasteiger partial charge in [-0.2, -0.15) is 5.26 Å². The first-order chi connectivity index (χ1) is 11.1. The van der Waals surface area contributed by atoms with Crippen LogP contribution in [0.25, 0.3) is 6.08 Å². The summed E-state index contributed by atoms with van der Waals surface area (Å²) in [6.45, 7) is 2.34. The molecule has 0 heterocycles. The number of hydrogen-bond donors (Lipinski definition) is 1. The Bertz CT molecular complexity index is 738. The predicted octanol–water partition coefficient (Wildman–Crippen LogP) is 3.23. The topological polar surface area (TPSA) is 62.1 Å². The van der Waals surface area contributed by atoms with Crippen molar-refractivity contribution < 1.29 is 9.53 Å². The van der Waals surface area contributed by atoms with Crippen LogP contribution in [0.4, 0.5) is 0 Å². The van der Waals surface area contributed by atoms with E-state index >= 15 is 0 Å². The summed E-state index contributed by atoms with van der Waals surface area (Å²) in [6, 6.07) is 17.0.